The predicted molar refractivity (Wildman–Crippen MR) is 61.6 cm³/mol. The minimum absolute atomic E-state index is 0.134. The Balaban J connectivity index is 2.68. The van der Waals surface area contributed by atoms with Crippen LogP contribution in [0.4, 0.5) is 5.82 Å². The Morgan fingerprint density at radius 1 is 1.36 bits per heavy atom. The van der Waals surface area contributed by atoms with Gasteiger partial charge in [-0.3, -0.25) is 0 Å². The zero-order chi connectivity index (χ0) is 10.6. The van der Waals surface area contributed by atoms with Crippen molar-refractivity contribution >= 4 is 5.82 Å². The highest BCUT2D eigenvalue weighted by molar-refractivity contribution is 5.37. The molecule has 78 valence electrons. The molecule has 0 aliphatic carbocycles. The second kappa shape index (κ2) is 4.45. The van der Waals surface area contributed by atoms with Gasteiger partial charge in [-0.1, -0.05) is 19.4 Å². The van der Waals surface area contributed by atoms with Gasteiger partial charge in [0.1, 0.15) is 5.82 Å². The lowest BCUT2D eigenvalue weighted by atomic mass is 9.99. The van der Waals surface area contributed by atoms with Crippen LogP contribution in [0.3, 0.4) is 0 Å². The van der Waals surface area contributed by atoms with Gasteiger partial charge >= 0.3 is 0 Å². The summed E-state index contributed by atoms with van der Waals surface area (Å²) < 4.78 is 0. The van der Waals surface area contributed by atoms with Crippen LogP contribution < -0.4 is 5.32 Å². The molecule has 1 rings (SSSR count). The van der Waals surface area contributed by atoms with Crippen molar-refractivity contribution in [3.8, 4) is 0 Å². The van der Waals surface area contributed by atoms with Gasteiger partial charge in [0, 0.05) is 11.2 Å². The summed E-state index contributed by atoms with van der Waals surface area (Å²) in [5, 5.41) is 3.45. The van der Waals surface area contributed by atoms with Crippen LogP contribution in [-0.4, -0.2) is 10.5 Å². The first-order valence-corrected chi connectivity index (χ1v) is 5.25. The van der Waals surface area contributed by atoms with Crippen molar-refractivity contribution in [3.63, 3.8) is 0 Å². The summed E-state index contributed by atoms with van der Waals surface area (Å²) in [6.45, 7) is 8.63. The van der Waals surface area contributed by atoms with Gasteiger partial charge < -0.3 is 5.32 Å². The van der Waals surface area contributed by atoms with Gasteiger partial charge in [0.05, 0.1) is 0 Å². The second-order valence-corrected chi connectivity index (χ2v) is 4.42. The molecule has 0 amide bonds. The monoisotopic (exact) mass is 192 g/mol. The first-order chi connectivity index (χ1) is 6.53. The third kappa shape index (κ3) is 3.36. The van der Waals surface area contributed by atoms with Gasteiger partial charge in [-0.15, -0.1) is 0 Å². The lowest BCUT2D eigenvalue weighted by molar-refractivity contribution is 0.509. The molecule has 0 atom stereocenters. The van der Waals surface area contributed by atoms with E-state index in [1.807, 2.05) is 25.1 Å². The van der Waals surface area contributed by atoms with Gasteiger partial charge in [0.15, 0.2) is 0 Å². The smallest absolute Gasteiger partial charge is 0.126 e. The van der Waals surface area contributed by atoms with Gasteiger partial charge in [-0.05, 0) is 39.3 Å². The van der Waals surface area contributed by atoms with E-state index in [0.717, 1.165) is 17.9 Å². The highest BCUT2D eigenvalue weighted by Crippen LogP contribution is 2.17. The topological polar surface area (TPSA) is 24.9 Å². The van der Waals surface area contributed by atoms with Gasteiger partial charge in [0.25, 0.3) is 0 Å². The summed E-state index contributed by atoms with van der Waals surface area (Å²) in [5.74, 6) is 0.975. The Kier molecular flexibility index (Phi) is 3.50. The van der Waals surface area contributed by atoms with Crippen LogP contribution in [0.2, 0.25) is 0 Å². The summed E-state index contributed by atoms with van der Waals surface area (Å²) in [6.07, 6.45) is 2.34. The molecule has 1 N–H and O–H groups in total. The van der Waals surface area contributed by atoms with Crippen LogP contribution >= 0.6 is 0 Å². The number of rotatable bonds is 4. The molecule has 0 aromatic carbocycles. The molecule has 2 heteroatoms. The van der Waals surface area contributed by atoms with E-state index in [2.05, 4.69) is 31.1 Å². The minimum atomic E-state index is 0.134. The normalized spacial score (nSPS) is 11.4. The Hall–Kier alpha value is -1.05. The van der Waals surface area contributed by atoms with Crippen molar-refractivity contribution in [2.75, 3.05) is 5.32 Å². The number of pyridine rings is 1. The zero-order valence-electron chi connectivity index (χ0n) is 9.59. The van der Waals surface area contributed by atoms with Crippen molar-refractivity contribution in [2.24, 2.45) is 0 Å². The first-order valence-electron chi connectivity index (χ1n) is 5.25. The van der Waals surface area contributed by atoms with Crippen molar-refractivity contribution < 1.29 is 0 Å². The van der Waals surface area contributed by atoms with Crippen molar-refractivity contribution in [1.82, 2.24) is 4.98 Å². The highest BCUT2D eigenvalue weighted by atomic mass is 15.0. The average Bonchev–Trinajstić information content (AvgIpc) is 2.02. The van der Waals surface area contributed by atoms with Crippen LogP contribution in [0.5, 0.6) is 0 Å². The number of hydrogen-bond donors (Lipinski definition) is 1. The maximum absolute atomic E-state index is 4.43. The largest absolute Gasteiger partial charge is 0.365 e. The number of nitrogens with zero attached hydrogens (tertiary/aromatic N) is 1. The standard InChI is InChI=1S/C12H20N2/c1-5-9-12(3,4)14-11-8-6-7-10(2)13-11/h6-8H,5,9H2,1-4H3,(H,13,14). The summed E-state index contributed by atoms with van der Waals surface area (Å²) >= 11 is 0. The van der Waals surface area contributed by atoms with Crippen LogP contribution in [-0.2, 0) is 0 Å². The van der Waals surface area contributed by atoms with E-state index in [1.165, 1.54) is 6.42 Å². The van der Waals surface area contributed by atoms with Crippen LogP contribution in [0.1, 0.15) is 39.3 Å². The lowest BCUT2D eigenvalue weighted by Crippen LogP contribution is -2.30. The second-order valence-electron chi connectivity index (χ2n) is 4.42. The van der Waals surface area contributed by atoms with E-state index in [1.54, 1.807) is 0 Å². The molecule has 0 bridgehead atoms. The molecule has 2 nitrogen and oxygen atoms in total. The summed E-state index contributed by atoms with van der Waals surface area (Å²) in [5.41, 5.74) is 1.19. The summed E-state index contributed by atoms with van der Waals surface area (Å²) in [6, 6.07) is 6.06. The SMILES string of the molecule is CCCC(C)(C)Nc1cccc(C)n1. The van der Waals surface area contributed by atoms with E-state index in [-0.39, 0.29) is 5.54 Å². The molecule has 0 unspecified atom stereocenters. The molecule has 0 aliphatic heterocycles. The van der Waals surface area contributed by atoms with Crippen LogP contribution in [0, 0.1) is 6.92 Å². The Morgan fingerprint density at radius 2 is 2.07 bits per heavy atom. The maximum Gasteiger partial charge on any atom is 0.126 e. The molecular weight excluding hydrogens is 172 g/mol. The number of aryl methyl sites for hydroxylation is 1. The molecule has 1 aromatic heterocycles. The first kappa shape index (κ1) is 11.0. The van der Waals surface area contributed by atoms with Crippen molar-refractivity contribution in [1.29, 1.82) is 0 Å². The number of anilines is 1. The summed E-state index contributed by atoms with van der Waals surface area (Å²) in [4.78, 5) is 4.43. The molecule has 0 saturated carbocycles. The van der Waals surface area contributed by atoms with E-state index >= 15 is 0 Å². The minimum Gasteiger partial charge on any atom is -0.365 e. The van der Waals surface area contributed by atoms with E-state index in [4.69, 9.17) is 0 Å². The number of aromatic nitrogens is 1. The number of nitrogens with one attached hydrogen (secondary N) is 1. The van der Waals surface area contributed by atoms with Crippen molar-refractivity contribution in [2.45, 2.75) is 46.1 Å². The Bertz CT molecular complexity index is 292. The molecule has 14 heavy (non-hydrogen) atoms. The van der Waals surface area contributed by atoms with Crippen molar-refractivity contribution in [3.05, 3.63) is 23.9 Å². The van der Waals surface area contributed by atoms with Gasteiger partial charge in [-0.2, -0.15) is 0 Å². The quantitative estimate of drug-likeness (QED) is 0.791. The Morgan fingerprint density at radius 3 is 2.64 bits per heavy atom. The average molecular weight is 192 g/mol. The summed E-state index contributed by atoms with van der Waals surface area (Å²) in [7, 11) is 0. The van der Waals surface area contributed by atoms with E-state index in [0.29, 0.717) is 0 Å². The molecule has 1 heterocycles. The fourth-order valence-corrected chi connectivity index (χ4v) is 1.65. The molecule has 0 radical (unpaired) electrons. The van der Waals surface area contributed by atoms with Gasteiger partial charge in [-0.25, -0.2) is 4.98 Å². The van der Waals surface area contributed by atoms with Crippen LogP contribution in [0.25, 0.3) is 0 Å². The lowest BCUT2D eigenvalue weighted by Gasteiger charge is -2.26. The highest BCUT2D eigenvalue weighted by Gasteiger charge is 2.15. The number of hydrogen-bond acceptors (Lipinski definition) is 2. The van der Waals surface area contributed by atoms with E-state index < -0.39 is 0 Å². The molecule has 0 aliphatic rings. The third-order valence-electron chi connectivity index (χ3n) is 2.23. The third-order valence-corrected chi connectivity index (χ3v) is 2.23. The molecule has 1 aromatic rings. The Labute approximate surface area is 86.8 Å². The molecular formula is C12H20N2. The fraction of sp³-hybridized carbons (Fsp3) is 0.583. The van der Waals surface area contributed by atoms with Gasteiger partial charge in [0.2, 0.25) is 0 Å². The van der Waals surface area contributed by atoms with E-state index in [9.17, 15) is 0 Å². The zero-order valence-corrected chi connectivity index (χ0v) is 9.59. The molecule has 0 spiro atoms. The maximum atomic E-state index is 4.43. The molecule has 0 fully saturated rings. The predicted octanol–water partition coefficient (Wildman–Crippen LogP) is 3.38. The molecule has 0 saturated heterocycles. The van der Waals surface area contributed by atoms with Crippen LogP contribution in [0.15, 0.2) is 18.2 Å². The fourth-order valence-electron chi connectivity index (χ4n) is 1.65.